The van der Waals surface area contributed by atoms with E-state index < -0.39 is 29.2 Å². The molecule has 160 valence electrons. The number of amides is 2. The number of rotatable bonds is 8. The third-order valence-electron chi connectivity index (χ3n) is 4.06. The number of carbonyl (C=O) groups excluding carboxylic acids is 3. The predicted octanol–water partition coefficient (Wildman–Crippen LogP) is -3.12. The number of nitrogens with two attached hydrogens (primary N) is 1. The van der Waals surface area contributed by atoms with Crippen LogP contribution in [0.15, 0.2) is 32.6 Å². The molecule has 1 saturated heterocycles. The molecule has 2 atom stereocenters. The number of fused-ring (bicyclic) bond motifs is 1. The Balaban J connectivity index is 0.00000341. The van der Waals surface area contributed by atoms with Crippen LogP contribution >= 0.6 is 46.6 Å². The molecule has 0 saturated carbocycles. The van der Waals surface area contributed by atoms with Gasteiger partial charge in [-0.3, -0.25) is 14.5 Å². The van der Waals surface area contributed by atoms with E-state index in [9.17, 15) is 24.7 Å². The number of carboxylic acids is 1. The number of carbonyl (C=O) groups is 3. The molecule has 0 radical (unpaired) electrons. The van der Waals surface area contributed by atoms with E-state index in [-0.39, 0.29) is 51.8 Å². The van der Waals surface area contributed by atoms with Crippen molar-refractivity contribution in [1.29, 1.82) is 0 Å². The van der Waals surface area contributed by atoms with Crippen LogP contribution in [0, 0.1) is 0 Å². The maximum atomic E-state index is 12.6. The van der Waals surface area contributed by atoms with E-state index in [1.54, 1.807) is 17.2 Å². The van der Waals surface area contributed by atoms with Crippen molar-refractivity contribution in [2.75, 3.05) is 23.5 Å². The van der Waals surface area contributed by atoms with Gasteiger partial charge in [0.1, 0.15) is 17.1 Å². The zero-order chi connectivity index (χ0) is 21.8. The number of thioether (sulfide) groups is 3. The fourth-order valence-corrected chi connectivity index (χ4v) is 6.03. The van der Waals surface area contributed by atoms with Gasteiger partial charge in [-0.15, -0.1) is 23.1 Å². The molecule has 2 amide bonds. The molecule has 1 fully saturated rings. The Morgan fingerprint density at radius 3 is 2.87 bits per heavy atom. The van der Waals surface area contributed by atoms with Crippen LogP contribution < -0.4 is 45.7 Å². The number of hydrogen-bond donors (Lipinski definition) is 3. The van der Waals surface area contributed by atoms with Gasteiger partial charge in [-0.1, -0.05) is 23.0 Å². The minimum absolute atomic E-state index is 0. The number of aromatic nitrogens is 1. The number of β-lactam (4-membered cyclic amide) rings is 1. The van der Waals surface area contributed by atoms with Crippen LogP contribution in [0.25, 0.3) is 0 Å². The van der Waals surface area contributed by atoms with Gasteiger partial charge in [0.15, 0.2) is 10.8 Å². The summed E-state index contributed by atoms with van der Waals surface area (Å²) < 4.78 is 0. The molecular weight excluding hydrogens is 493 g/mol. The van der Waals surface area contributed by atoms with E-state index in [0.717, 1.165) is 22.0 Å². The molecule has 0 aromatic carbocycles. The predicted molar refractivity (Wildman–Crippen MR) is 117 cm³/mol. The molecule has 1 aromatic heterocycles. The Hall–Kier alpha value is -1.16. The van der Waals surface area contributed by atoms with Crippen molar-refractivity contribution in [2.24, 2.45) is 5.16 Å². The first-order valence-corrected chi connectivity index (χ1v) is 12.5. The smallest absolute Gasteiger partial charge is 0.543 e. The number of nitrogen functional groups attached to an aromatic ring is 1. The number of carboxylic acid groups (broad SMARTS) is 1. The second-order valence-corrected chi connectivity index (χ2v) is 9.79. The number of anilines is 1. The van der Waals surface area contributed by atoms with Gasteiger partial charge < -0.3 is 26.2 Å². The zero-order valence-corrected chi connectivity index (χ0v) is 21.7. The van der Waals surface area contributed by atoms with Crippen LogP contribution in [0.1, 0.15) is 5.69 Å². The van der Waals surface area contributed by atoms with E-state index in [4.69, 9.17) is 5.73 Å². The van der Waals surface area contributed by atoms with Gasteiger partial charge >= 0.3 is 29.6 Å². The molecule has 0 spiro atoms. The van der Waals surface area contributed by atoms with Gasteiger partial charge in [0.05, 0.1) is 11.7 Å². The third kappa shape index (κ3) is 5.61. The maximum absolute atomic E-state index is 12.6. The van der Waals surface area contributed by atoms with Crippen LogP contribution in [0.5, 0.6) is 0 Å². The van der Waals surface area contributed by atoms with Crippen molar-refractivity contribution in [1.82, 2.24) is 15.2 Å². The standard InChI is InChI=1S/C16H17N5O5S4.Na/c1-27-3-2-4-28-8-6-29-14-10(13(23)21(14)11(8)15(24)25)19-12(22)9(20-26)7-5-30-16(17)18-7;/h2,4-5,10,14,26H,3,6H2,1H3,(H2,17,18)(H,19,22)(H,24,25);/q;+1/p-1/b4-2-,20-9-;/t10?,14-;/m1./s1. The zero-order valence-electron chi connectivity index (χ0n) is 16.4. The van der Waals surface area contributed by atoms with Gasteiger partial charge in [0, 0.05) is 21.8 Å². The first-order valence-electron chi connectivity index (χ1n) is 8.33. The van der Waals surface area contributed by atoms with Crippen molar-refractivity contribution in [3.63, 3.8) is 0 Å². The SMILES string of the molecule is CSC/C=C\SC1=C(C(=O)[O-])N2C(=O)C(NC(=O)/C(=N\O)c3csc(N)n3)[C@H]2SC1.[Na+]. The van der Waals surface area contributed by atoms with Crippen molar-refractivity contribution in [3.8, 4) is 0 Å². The number of hydrogen-bond acceptors (Lipinski definition) is 12. The van der Waals surface area contributed by atoms with E-state index in [0.29, 0.717) is 10.7 Å². The van der Waals surface area contributed by atoms with Crippen LogP contribution in [-0.2, 0) is 14.4 Å². The van der Waals surface area contributed by atoms with Crippen molar-refractivity contribution in [3.05, 3.63) is 33.2 Å². The number of nitrogens with one attached hydrogen (secondary N) is 1. The molecule has 0 aliphatic carbocycles. The van der Waals surface area contributed by atoms with Crippen molar-refractivity contribution < 1.29 is 54.3 Å². The number of oxime groups is 1. The van der Waals surface area contributed by atoms with Crippen molar-refractivity contribution in [2.45, 2.75) is 11.4 Å². The van der Waals surface area contributed by atoms with E-state index in [2.05, 4.69) is 15.5 Å². The summed E-state index contributed by atoms with van der Waals surface area (Å²) in [5, 5.41) is 29.1. The molecule has 1 aromatic rings. The molecule has 10 nitrogen and oxygen atoms in total. The Kier molecular flexibility index (Phi) is 9.79. The Labute approximate surface area is 216 Å². The summed E-state index contributed by atoms with van der Waals surface area (Å²) in [4.78, 5) is 42.3. The summed E-state index contributed by atoms with van der Waals surface area (Å²) in [6, 6.07) is -0.969. The Morgan fingerprint density at radius 2 is 2.29 bits per heavy atom. The molecule has 0 bridgehead atoms. The van der Waals surface area contributed by atoms with E-state index >= 15 is 0 Å². The summed E-state index contributed by atoms with van der Waals surface area (Å²) in [6.45, 7) is 0. The molecule has 31 heavy (non-hydrogen) atoms. The van der Waals surface area contributed by atoms with E-state index in [1.165, 1.54) is 28.9 Å². The molecule has 2 aliphatic heterocycles. The molecule has 2 aliphatic rings. The fourth-order valence-electron chi connectivity index (χ4n) is 2.76. The Morgan fingerprint density at radius 1 is 1.55 bits per heavy atom. The molecule has 3 rings (SSSR count). The van der Waals surface area contributed by atoms with Gasteiger partial charge in [-0.25, -0.2) is 4.98 Å². The number of nitrogens with zero attached hydrogens (tertiary/aromatic N) is 3. The molecule has 1 unspecified atom stereocenters. The Bertz CT molecular complexity index is 966. The summed E-state index contributed by atoms with van der Waals surface area (Å²) in [5.41, 5.74) is 5.03. The van der Waals surface area contributed by atoms with Crippen LogP contribution in [-0.4, -0.2) is 67.8 Å². The van der Waals surface area contributed by atoms with Crippen LogP contribution in [0.3, 0.4) is 0 Å². The molecule has 4 N–H and O–H groups in total. The average Bonchev–Trinajstić information content (AvgIpc) is 3.15. The average molecular weight is 510 g/mol. The van der Waals surface area contributed by atoms with Crippen molar-refractivity contribution >= 4 is 75.2 Å². The van der Waals surface area contributed by atoms with Gasteiger partial charge in [-0.2, -0.15) is 11.8 Å². The molecular formula is C16H16N5NaO5S4. The minimum atomic E-state index is -1.45. The summed E-state index contributed by atoms with van der Waals surface area (Å²) in [7, 11) is 0. The topological polar surface area (TPSA) is 161 Å². The molecule has 15 heteroatoms. The van der Waals surface area contributed by atoms with Crippen LogP contribution in [0.2, 0.25) is 0 Å². The first kappa shape index (κ1) is 26.1. The second kappa shape index (κ2) is 11.6. The number of thiazole rings is 1. The summed E-state index contributed by atoms with van der Waals surface area (Å²) in [6.07, 6.45) is 3.85. The van der Waals surface area contributed by atoms with Gasteiger partial charge in [0.2, 0.25) is 0 Å². The van der Waals surface area contributed by atoms with Gasteiger partial charge in [0.25, 0.3) is 11.8 Å². The maximum Gasteiger partial charge on any atom is 1.00 e. The third-order valence-corrected chi connectivity index (χ3v) is 7.68. The fraction of sp³-hybridized carbons (Fsp3) is 0.312. The van der Waals surface area contributed by atoms with Gasteiger partial charge in [-0.05, 0) is 11.7 Å². The summed E-state index contributed by atoms with van der Waals surface area (Å²) in [5.74, 6) is -1.72. The monoisotopic (exact) mass is 509 g/mol. The van der Waals surface area contributed by atoms with E-state index in [1.807, 2.05) is 12.3 Å². The summed E-state index contributed by atoms with van der Waals surface area (Å²) >= 11 is 5.24. The second-order valence-electron chi connectivity index (χ2n) is 5.88. The normalized spacial score (nSPS) is 20.9. The number of aliphatic carboxylic acids is 1. The quantitative estimate of drug-likeness (QED) is 0.107. The first-order chi connectivity index (χ1) is 14.4. The van der Waals surface area contributed by atoms with Crippen LogP contribution in [0.4, 0.5) is 5.13 Å². The minimum Gasteiger partial charge on any atom is -0.543 e. The largest absolute Gasteiger partial charge is 1.00 e. The molecule has 3 heterocycles.